The van der Waals surface area contributed by atoms with Crippen LogP contribution < -0.4 is 5.32 Å². The summed E-state index contributed by atoms with van der Waals surface area (Å²) in [6.07, 6.45) is 2.41. The fourth-order valence-corrected chi connectivity index (χ4v) is 3.13. The van der Waals surface area contributed by atoms with Crippen molar-refractivity contribution in [2.24, 2.45) is 5.92 Å². The van der Waals surface area contributed by atoms with Gasteiger partial charge in [-0.05, 0) is 31.4 Å². The van der Waals surface area contributed by atoms with Gasteiger partial charge in [0.25, 0.3) is 0 Å². The fourth-order valence-electron chi connectivity index (χ4n) is 3.13. The Kier molecular flexibility index (Phi) is 4.41. The van der Waals surface area contributed by atoms with Crippen molar-refractivity contribution in [3.63, 3.8) is 0 Å². The summed E-state index contributed by atoms with van der Waals surface area (Å²) in [5, 5.41) is 13.3. The topological polar surface area (TPSA) is 61.8 Å². The highest BCUT2D eigenvalue weighted by Gasteiger charge is 2.32. The Morgan fingerprint density at radius 3 is 3.00 bits per heavy atom. The van der Waals surface area contributed by atoms with Crippen molar-refractivity contribution >= 4 is 5.91 Å². The maximum atomic E-state index is 12.0. The van der Waals surface area contributed by atoms with Gasteiger partial charge < -0.3 is 20.1 Å². The number of aromatic hydroxyl groups is 1. The number of para-hydroxylation sites is 1. The van der Waals surface area contributed by atoms with Crippen LogP contribution in [0.15, 0.2) is 24.3 Å². The minimum atomic E-state index is -0.00160. The number of rotatable bonds is 3. The summed E-state index contributed by atoms with van der Waals surface area (Å²) in [7, 11) is 0. The molecule has 0 bridgehead atoms. The van der Waals surface area contributed by atoms with Gasteiger partial charge in [-0.3, -0.25) is 4.79 Å². The summed E-state index contributed by atoms with van der Waals surface area (Å²) in [6, 6.07) is 7.18. The third kappa shape index (κ3) is 3.36. The lowest BCUT2D eigenvalue weighted by atomic mass is 9.92. The van der Waals surface area contributed by atoms with Gasteiger partial charge in [-0.15, -0.1) is 0 Å². The van der Waals surface area contributed by atoms with Gasteiger partial charge in [0.1, 0.15) is 12.4 Å². The van der Waals surface area contributed by atoms with Crippen LogP contribution in [0.25, 0.3) is 0 Å². The smallest absolute Gasteiger partial charge is 0.248 e. The van der Waals surface area contributed by atoms with Gasteiger partial charge in [-0.2, -0.15) is 0 Å². The first kappa shape index (κ1) is 14.4. The molecule has 2 atom stereocenters. The number of phenolic OH excluding ortho intramolecular Hbond substituents is 1. The number of carbonyl (C=O) groups excluding carboxylic acids is 1. The van der Waals surface area contributed by atoms with Crippen LogP contribution in [0.1, 0.15) is 18.4 Å². The number of carbonyl (C=O) groups is 1. The number of amides is 1. The summed E-state index contributed by atoms with van der Waals surface area (Å²) >= 11 is 0. The number of piperidine rings is 1. The number of benzene rings is 1. The lowest BCUT2D eigenvalue weighted by molar-refractivity contribution is -0.153. The lowest BCUT2D eigenvalue weighted by Crippen LogP contribution is -2.51. The Morgan fingerprint density at radius 2 is 2.24 bits per heavy atom. The molecular weight excluding hydrogens is 268 g/mol. The highest BCUT2D eigenvalue weighted by atomic mass is 16.5. The molecule has 2 fully saturated rings. The predicted molar refractivity (Wildman–Crippen MR) is 78.9 cm³/mol. The molecule has 2 aliphatic heterocycles. The number of phenols is 1. The van der Waals surface area contributed by atoms with E-state index in [1.54, 1.807) is 17.0 Å². The first-order valence-electron chi connectivity index (χ1n) is 7.61. The molecule has 5 heteroatoms. The maximum absolute atomic E-state index is 12.0. The first-order chi connectivity index (χ1) is 10.2. The second kappa shape index (κ2) is 6.45. The minimum absolute atomic E-state index is 0.00160. The monoisotopic (exact) mass is 290 g/mol. The quantitative estimate of drug-likeness (QED) is 0.876. The molecule has 21 heavy (non-hydrogen) atoms. The van der Waals surface area contributed by atoms with Crippen molar-refractivity contribution in [2.45, 2.75) is 25.5 Å². The third-order valence-corrected chi connectivity index (χ3v) is 4.39. The molecule has 0 saturated carbocycles. The van der Waals surface area contributed by atoms with Crippen LogP contribution in [-0.4, -0.2) is 48.3 Å². The van der Waals surface area contributed by atoms with E-state index < -0.39 is 0 Å². The van der Waals surface area contributed by atoms with E-state index in [9.17, 15) is 9.90 Å². The summed E-state index contributed by atoms with van der Waals surface area (Å²) in [5.41, 5.74) is 0.785. The fraction of sp³-hybridized carbons (Fsp3) is 0.562. The van der Waals surface area contributed by atoms with Crippen LogP contribution in [0.3, 0.4) is 0 Å². The number of hydrogen-bond donors (Lipinski definition) is 2. The largest absolute Gasteiger partial charge is 0.508 e. The molecule has 3 rings (SSSR count). The van der Waals surface area contributed by atoms with Crippen LogP contribution in [0, 0.1) is 5.92 Å². The van der Waals surface area contributed by atoms with E-state index in [-0.39, 0.29) is 24.4 Å². The Bertz CT molecular complexity index is 500. The van der Waals surface area contributed by atoms with Gasteiger partial charge in [0.15, 0.2) is 0 Å². The van der Waals surface area contributed by atoms with Crippen molar-refractivity contribution < 1.29 is 14.6 Å². The van der Waals surface area contributed by atoms with E-state index in [0.717, 1.165) is 31.5 Å². The summed E-state index contributed by atoms with van der Waals surface area (Å²) in [5.74, 6) is 0.713. The van der Waals surface area contributed by atoms with E-state index in [2.05, 4.69) is 5.32 Å². The maximum Gasteiger partial charge on any atom is 0.248 e. The molecule has 114 valence electrons. The molecule has 1 amide bonds. The molecule has 2 N–H and O–H groups in total. The van der Waals surface area contributed by atoms with Gasteiger partial charge in [0, 0.05) is 25.2 Å². The highest BCUT2D eigenvalue weighted by molar-refractivity contribution is 5.78. The Hall–Kier alpha value is -1.59. The van der Waals surface area contributed by atoms with E-state index in [1.807, 2.05) is 12.1 Å². The normalized spacial score (nSPS) is 26.9. The highest BCUT2D eigenvalue weighted by Crippen LogP contribution is 2.24. The predicted octanol–water partition coefficient (Wildman–Crippen LogP) is 1.12. The van der Waals surface area contributed by atoms with Crippen LogP contribution in [0.5, 0.6) is 5.75 Å². The van der Waals surface area contributed by atoms with Crippen LogP contribution in [0.2, 0.25) is 0 Å². The van der Waals surface area contributed by atoms with Gasteiger partial charge >= 0.3 is 0 Å². The van der Waals surface area contributed by atoms with Gasteiger partial charge in [0.05, 0.1) is 6.10 Å². The average molecular weight is 290 g/mol. The number of nitrogens with one attached hydrogen (secondary N) is 1. The second-order valence-corrected chi connectivity index (χ2v) is 5.86. The Morgan fingerprint density at radius 1 is 1.38 bits per heavy atom. The van der Waals surface area contributed by atoms with Crippen LogP contribution >= 0.6 is 0 Å². The molecular formula is C16H22N2O3. The van der Waals surface area contributed by atoms with Gasteiger partial charge in [-0.25, -0.2) is 0 Å². The first-order valence-corrected chi connectivity index (χ1v) is 7.61. The second-order valence-electron chi connectivity index (χ2n) is 5.86. The molecule has 5 nitrogen and oxygen atoms in total. The number of hydrogen-bond acceptors (Lipinski definition) is 4. The van der Waals surface area contributed by atoms with E-state index in [0.29, 0.717) is 19.0 Å². The minimum Gasteiger partial charge on any atom is -0.508 e. The SMILES string of the molecule is O=C1COC(C2CCCNC2)CN1Cc1ccccc1O. The molecule has 0 spiro atoms. The number of nitrogens with zero attached hydrogens (tertiary/aromatic N) is 1. The molecule has 2 saturated heterocycles. The zero-order chi connectivity index (χ0) is 14.7. The van der Waals surface area contributed by atoms with Crippen LogP contribution in [0.4, 0.5) is 0 Å². The van der Waals surface area contributed by atoms with Crippen molar-refractivity contribution in [2.75, 3.05) is 26.2 Å². The third-order valence-electron chi connectivity index (χ3n) is 4.39. The Labute approximate surface area is 124 Å². The van der Waals surface area contributed by atoms with E-state index in [1.165, 1.54) is 0 Å². The van der Waals surface area contributed by atoms with Crippen LogP contribution in [-0.2, 0) is 16.1 Å². The molecule has 0 radical (unpaired) electrons. The zero-order valence-electron chi connectivity index (χ0n) is 12.1. The summed E-state index contributed by atoms with van der Waals surface area (Å²) in [4.78, 5) is 13.8. The number of morpholine rings is 1. The zero-order valence-corrected chi connectivity index (χ0v) is 12.1. The molecule has 2 unspecified atom stereocenters. The molecule has 0 aliphatic carbocycles. The van der Waals surface area contributed by atoms with Crippen molar-refractivity contribution in [1.29, 1.82) is 0 Å². The van der Waals surface area contributed by atoms with Crippen molar-refractivity contribution in [3.05, 3.63) is 29.8 Å². The van der Waals surface area contributed by atoms with Gasteiger partial charge in [0.2, 0.25) is 5.91 Å². The van der Waals surface area contributed by atoms with Gasteiger partial charge in [-0.1, -0.05) is 18.2 Å². The molecule has 2 heterocycles. The average Bonchev–Trinajstić information content (AvgIpc) is 2.52. The molecule has 1 aromatic carbocycles. The standard InChI is InChI=1S/C16H22N2O3/c19-14-6-2-1-4-13(14)9-18-10-15(21-11-16(18)20)12-5-3-7-17-8-12/h1-2,4,6,12,15,17,19H,3,5,7-11H2. The van der Waals surface area contributed by atoms with Crippen molar-refractivity contribution in [1.82, 2.24) is 10.2 Å². The number of ether oxygens (including phenoxy) is 1. The van der Waals surface area contributed by atoms with E-state index in [4.69, 9.17) is 4.74 Å². The Balaban J connectivity index is 1.66. The summed E-state index contributed by atoms with van der Waals surface area (Å²) in [6.45, 7) is 3.24. The van der Waals surface area contributed by atoms with E-state index >= 15 is 0 Å². The molecule has 0 aromatic heterocycles. The molecule has 1 aromatic rings. The summed E-state index contributed by atoms with van der Waals surface area (Å²) < 4.78 is 5.73. The molecule has 2 aliphatic rings. The van der Waals surface area contributed by atoms with Crippen molar-refractivity contribution in [3.8, 4) is 5.75 Å². The lowest BCUT2D eigenvalue weighted by Gasteiger charge is -2.38.